The van der Waals surface area contributed by atoms with Crippen LogP contribution >= 0.6 is 0 Å². The van der Waals surface area contributed by atoms with Crippen molar-refractivity contribution in [2.45, 2.75) is 66.0 Å². The van der Waals surface area contributed by atoms with Crippen molar-refractivity contribution in [3.8, 4) is 11.1 Å². The van der Waals surface area contributed by atoms with E-state index >= 15 is 0 Å². The van der Waals surface area contributed by atoms with Crippen LogP contribution in [0.4, 0.5) is 0 Å². The summed E-state index contributed by atoms with van der Waals surface area (Å²) in [4.78, 5) is 41.0. The highest BCUT2D eigenvalue weighted by Gasteiger charge is 2.27. The number of carbonyl (C=O) groups is 2. The van der Waals surface area contributed by atoms with Gasteiger partial charge in [0.1, 0.15) is 6.04 Å². The Morgan fingerprint density at radius 2 is 1.62 bits per heavy atom. The smallest absolute Gasteiger partial charge is 0.305 e. The SMILES string of the molecule is Cc1cc(=O)n(C(CC(C)C)C(=O)NC(CC(=O)O)c2cccc(-c3c(C)cccc3C)c2)cc1CCN(C)C. The number of likely N-dealkylation sites (N-methyl/N-ethyl adjacent to an activating group) is 1. The summed E-state index contributed by atoms with van der Waals surface area (Å²) in [7, 11) is 4.00. The van der Waals surface area contributed by atoms with E-state index in [1.54, 1.807) is 6.07 Å². The molecule has 0 saturated heterocycles. The number of aromatic nitrogens is 1. The van der Waals surface area contributed by atoms with Gasteiger partial charge in [0.05, 0.1) is 12.5 Å². The fourth-order valence-corrected chi connectivity index (χ4v) is 5.20. The van der Waals surface area contributed by atoms with E-state index in [2.05, 4.69) is 10.2 Å². The number of hydrogen-bond donors (Lipinski definition) is 2. The van der Waals surface area contributed by atoms with Crippen molar-refractivity contribution in [2.24, 2.45) is 5.92 Å². The molecule has 3 aromatic rings. The maximum atomic E-state index is 13.9. The predicted octanol–water partition coefficient (Wildman–Crippen LogP) is 5.46. The van der Waals surface area contributed by atoms with Crippen molar-refractivity contribution in [3.63, 3.8) is 0 Å². The van der Waals surface area contributed by atoms with Gasteiger partial charge in [0.15, 0.2) is 0 Å². The average molecular weight is 546 g/mol. The minimum absolute atomic E-state index is 0.138. The molecule has 0 saturated carbocycles. The minimum atomic E-state index is -1.01. The van der Waals surface area contributed by atoms with Gasteiger partial charge in [-0.2, -0.15) is 0 Å². The standard InChI is InChI=1S/C33H43N3O4/c1-21(2)16-29(36-20-27(14-15-35(6)7)24(5)17-30(36)37)33(40)34-28(19-31(38)39)25-12-9-13-26(18-25)32-22(3)10-8-11-23(32)4/h8-13,17-18,20-21,28-29H,14-16,19H2,1-7H3,(H,34,40)(H,38,39). The van der Waals surface area contributed by atoms with Crippen LogP contribution in [0.5, 0.6) is 0 Å². The lowest BCUT2D eigenvalue weighted by Crippen LogP contribution is -2.40. The number of rotatable bonds is 12. The maximum Gasteiger partial charge on any atom is 0.305 e. The lowest BCUT2D eigenvalue weighted by Gasteiger charge is -2.26. The number of nitrogens with zero attached hydrogens (tertiary/aromatic N) is 2. The number of aryl methyl sites for hydroxylation is 3. The molecule has 40 heavy (non-hydrogen) atoms. The number of carboxylic acids is 1. The van der Waals surface area contributed by atoms with E-state index < -0.39 is 18.1 Å². The maximum absolute atomic E-state index is 13.9. The van der Waals surface area contributed by atoms with E-state index in [0.29, 0.717) is 12.0 Å². The van der Waals surface area contributed by atoms with E-state index in [1.807, 2.05) is 97.4 Å². The van der Waals surface area contributed by atoms with Gasteiger partial charge in [0.25, 0.3) is 5.56 Å². The number of benzene rings is 2. The van der Waals surface area contributed by atoms with Crippen molar-refractivity contribution in [1.29, 1.82) is 0 Å². The van der Waals surface area contributed by atoms with Gasteiger partial charge in [0, 0.05) is 18.8 Å². The third-order valence-electron chi connectivity index (χ3n) is 7.31. The zero-order valence-corrected chi connectivity index (χ0v) is 24.8. The van der Waals surface area contributed by atoms with E-state index in [9.17, 15) is 19.5 Å². The quantitative estimate of drug-likeness (QED) is 0.315. The average Bonchev–Trinajstić information content (AvgIpc) is 2.86. The molecule has 7 nitrogen and oxygen atoms in total. The normalized spacial score (nSPS) is 12.9. The summed E-state index contributed by atoms with van der Waals surface area (Å²) in [5.74, 6) is -1.23. The zero-order chi connectivity index (χ0) is 29.6. The Hall–Kier alpha value is -3.71. The van der Waals surface area contributed by atoms with Crippen molar-refractivity contribution in [3.05, 3.63) is 92.9 Å². The number of carboxylic acid groups (broad SMARTS) is 1. The zero-order valence-electron chi connectivity index (χ0n) is 24.8. The molecule has 0 radical (unpaired) electrons. The first kappa shape index (κ1) is 30.8. The van der Waals surface area contributed by atoms with Gasteiger partial charge in [-0.05, 0) is 98.6 Å². The fourth-order valence-electron chi connectivity index (χ4n) is 5.20. The monoisotopic (exact) mass is 545 g/mol. The second-order valence-electron chi connectivity index (χ2n) is 11.5. The molecule has 7 heteroatoms. The molecule has 2 unspecified atom stereocenters. The molecule has 0 aliphatic heterocycles. The lowest BCUT2D eigenvalue weighted by atomic mass is 9.92. The number of amides is 1. The molecule has 1 heterocycles. The summed E-state index contributed by atoms with van der Waals surface area (Å²) >= 11 is 0. The Kier molecular flexibility index (Phi) is 10.5. The van der Waals surface area contributed by atoms with E-state index in [-0.39, 0.29) is 23.8 Å². The van der Waals surface area contributed by atoms with Crippen LogP contribution in [-0.2, 0) is 16.0 Å². The van der Waals surface area contributed by atoms with Crippen molar-refractivity contribution in [1.82, 2.24) is 14.8 Å². The van der Waals surface area contributed by atoms with Gasteiger partial charge >= 0.3 is 5.97 Å². The number of nitrogens with one attached hydrogen (secondary N) is 1. The minimum Gasteiger partial charge on any atom is -0.481 e. The third kappa shape index (κ3) is 7.92. The molecule has 0 aliphatic rings. The highest BCUT2D eigenvalue weighted by Crippen LogP contribution is 2.30. The van der Waals surface area contributed by atoms with Gasteiger partial charge in [-0.15, -0.1) is 0 Å². The van der Waals surface area contributed by atoms with Crippen LogP contribution in [0.2, 0.25) is 0 Å². The van der Waals surface area contributed by atoms with Crippen molar-refractivity contribution < 1.29 is 14.7 Å². The highest BCUT2D eigenvalue weighted by molar-refractivity contribution is 5.82. The van der Waals surface area contributed by atoms with Crippen LogP contribution in [0.3, 0.4) is 0 Å². The van der Waals surface area contributed by atoms with E-state index in [0.717, 1.165) is 46.3 Å². The van der Waals surface area contributed by atoms with Gasteiger partial charge in [-0.25, -0.2) is 0 Å². The summed E-state index contributed by atoms with van der Waals surface area (Å²) in [6, 6.07) is 13.9. The summed E-state index contributed by atoms with van der Waals surface area (Å²) in [6.45, 7) is 10.9. The Balaban J connectivity index is 2.00. The Bertz CT molecular complexity index is 1390. The first-order valence-electron chi connectivity index (χ1n) is 13.9. The molecular formula is C33H43N3O4. The second-order valence-corrected chi connectivity index (χ2v) is 11.5. The number of aliphatic carboxylic acids is 1. The molecule has 3 rings (SSSR count). The fraction of sp³-hybridized carbons (Fsp3) is 0.424. The number of carbonyl (C=O) groups excluding carboxylic acids is 1. The Labute approximate surface area is 237 Å². The highest BCUT2D eigenvalue weighted by atomic mass is 16.4. The largest absolute Gasteiger partial charge is 0.481 e. The molecular weight excluding hydrogens is 502 g/mol. The van der Waals surface area contributed by atoms with Gasteiger partial charge < -0.3 is 19.9 Å². The van der Waals surface area contributed by atoms with Gasteiger partial charge in [-0.1, -0.05) is 50.2 Å². The van der Waals surface area contributed by atoms with Crippen molar-refractivity contribution in [2.75, 3.05) is 20.6 Å². The Morgan fingerprint density at radius 1 is 0.975 bits per heavy atom. The van der Waals surface area contributed by atoms with E-state index in [4.69, 9.17) is 0 Å². The van der Waals surface area contributed by atoms with Gasteiger partial charge in [0.2, 0.25) is 5.91 Å². The van der Waals surface area contributed by atoms with E-state index in [1.165, 1.54) is 4.57 Å². The van der Waals surface area contributed by atoms with Crippen LogP contribution in [0.25, 0.3) is 11.1 Å². The third-order valence-corrected chi connectivity index (χ3v) is 7.31. The first-order valence-corrected chi connectivity index (χ1v) is 13.9. The topological polar surface area (TPSA) is 91.6 Å². The molecule has 2 N–H and O–H groups in total. The molecule has 0 aliphatic carbocycles. The van der Waals surface area contributed by atoms with Crippen LogP contribution in [-0.4, -0.2) is 47.1 Å². The summed E-state index contributed by atoms with van der Waals surface area (Å²) in [6.07, 6.45) is 2.74. The second kappa shape index (κ2) is 13.6. The summed E-state index contributed by atoms with van der Waals surface area (Å²) < 4.78 is 1.53. The van der Waals surface area contributed by atoms with Gasteiger partial charge in [-0.3, -0.25) is 14.4 Å². The van der Waals surface area contributed by atoms with Crippen molar-refractivity contribution >= 4 is 11.9 Å². The molecule has 1 amide bonds. The van der Waals surface area contributed by atoms with Crippen LogP contribution in [0.1, 0.15) is 66.6 Å². The predicted molar refractivity (Wildman–Crippen MR) is 161 cm³/mol. The molecule has 2 atom stereocenters. The lowest BCUT2D eigenvalue weighted by molar-refractivity contribution is -0.138. The molecule has 2 aromatic carbocycles. The molecule has 0 fully saturated rings. The summed E-state index contributed by atoms with van der Waals surface area (Å²) in [5.41, 5.74) is 6.70. The molecule has 214 valence electrons. The summed E-state index contributed by atoms with van der Waals surface area (Å²) in [5, 5.41) is 12.7. The number of pyridine rings is 1. The van der Waals surface area contributed by atoms with Crippen LogP contribution < -0.4 is 10.9 Å². The number of hydrogen-bond acceptors (Lipinski definition) is 4. The molecule has 0 spiro atoms. The first-order chi connectivity index (χ1) is 18.9. The molecule has 0 bridgehead atoms. The Morgan fingerprint density at radius 3 is 2.23 bits per heavy atom. The molecule has 1 aromatic heterocycles. The van der Waals surface area contributed by atoms with Crippen LogP contribution in [0, 0.1) is 26.7 Å². The van der Waals surface area contributed by atoms with Crippen LogP contribution in [0.15, 0.2) is 59.5 Å².